The molecule has 3 heterocycles. The molecule has 2 aliphatic heterocycles. The lowest BCUT2D eigenvalue weighted by Crippen LogP contribution is -2.47. The average Bonchev–Trinajstić information content (AvgIpc) is 3.36. The number of hydrogen-bond donors (Lipinski definition) is 2. The predicted octanol–water partition coefficient (Wildman–Crippen LogP) is 3.60. The van der Waals surface area contributed by atoms with Gasteiger partial charge in [-0.1, -0.05) is 35.3 Å². The molecule has 32 heavy (non-hydrogen) atoms. The van der Waals surface area contributed by atoms with Crippen LogP contribution in [0, 0.1) is 0 Å². The fourth-order valence-corrected chi connectivity index (χ4v) is 5.22. The van der Waals surface area contributed by atoms with E-state index >= 15 is 0 Å². The van der Waals surface area contributed by atoms with Crippen LogP contribution in [0.5, 0.6) is 0 Å². The molecule has 1 aromatic heterocycles. The summed E-state index contributed by atoms with van der Waals surface area (Å²) in [6.07, 6.45) is 0.741. The second-order valence-electron chi connectivity index (χ2n) is 7.49. The molecule has 2 aromatic rings. The van der Waals surface area contributed by atoms with E-state index in [-0.39, 0.29) is 30.9 Å². The molecule has 0 bridgehead atoms. The van der Waals surface area contributed by atoms with E-state index in [2.05, 4.69) is 10.6 Å². The van der Waals surface area contributed by atoms with Crippen molar-refractivity contribution in [2.24, 2.45) is 0 Å². The molecule has 1 aromatic carbocycles. The van der Waals surface area contributed by atoms with Crippen LogP contribution in [0.3, 0.4) is 0 Å². The summed E-state index contributed by atoms with van der Waals surface area (Å²) in [5.74, 6) is -0.527. The number of urea groups is 1. The average molecular weight is 493 g/mol. The SMILES string of the molecule is CCN1C(=O)NC(c2ccc(Cl)cc2Cl)C2=C1CN(CC(=O)NCCc1cccs1)C2=O. The molecule has 0 saturated carbocycles. The fourth-order valence-electron chi connectivity index (χ4n) is 3.99. The summed E-state index contributed by atoms with van der Waals surface area (Å²) in [6, 6.07) is 7.93. The first-order valence-corrected chi connectivity index (χ1v) is 11.9. The topological polar surface area (TPSA) is 81.8 Å². The van der Waals surface area contributed by atoms with Crippen LogP contribution in [0.25, 0.3) is 0 Å². The number of nitrogens with one attached hydrogen (secondary N) is 2. The first kappa shape index (κ1) is 22.6. The maximum Gasteiger partial charge on any atom is 0.322 e. The normalized spacial score (nSPS) is 18.2. The van der Waals surface area contributed by atoms with Gasteiger partial charge in [0.2, 0.25) is 5.91 Å². The van der Waals surface area contributed by atoms with Gasteiger partial charge in [-0.2, -0.15) is 0 Å². The van der Waals surface area contributed by atoms with Crippen LogP contribution in [-0.4, -0.2) is 53.8 Å². The van der Waals surface area contributed by atoms with Crippen LogP contribution in [0.15, 0.2) is 47.0 Å². The van der Waals surface area contributed by atoms with Gasteiger partial charge >= 0.3 is 6.03 Å². The van der Waals surface area contributed by atoms with E-state index in [0.29, 0.717) is 40.0 Å². The summed E-state index contributed by atoms with van der Waals surface area (Å²) in [5, 5.41) is 8.55. The second-order valence-corrected chi connectivity index (χ2v) is 9.37. The molecule has 4 rings (SSSR count). The molecule has 2 N–H and O–H groups in total. The Morgan fingerprint density at radius 1 is 1.28 bits per heavy atom. The minimum Gasteiger partial charge on any atom is -0.354 e. The largest absolute Gasteiger partial charge is 0.354 e. The van der Waals surface area contributed by atoms with E-state index in [1.165, 1.54) is 14.7 Å². The highest BCUT2D eigenvalue weighted by Gasteiger charge is 2.44. The zero-order valence-corrected chi connectivity index (χ0v) is 19.7. The van der Waals surface area contributed by atoms with Crippen molar-refractivity contribution in [3.63, 3.8) is 0 Å². The number of amides is 4. The first-order chi connectivity index (χ1) is 15.4. The van der Waals surface area contributed by atoms with Crippen LogP contribution >= 0.6 is 34.5 Å². The number of likely N-dealkylation sites (N-methyl/N-ethyl adjacent to an activating group) is 1. The van der Waals surface area contributed by atoms with Gasteiger partial charge < -0.3 is 15.5 Å². The highest BCUT2D eigenvalue weighted by Crippen LogP contribution is 2.39. The minimum absolute atomic E-state index is 0.0803. The summed E-state index contributed by atoms with van der Waals surface area (Å²) < 4.78 is 0. The van der Waals surface area contributed by atoms with E-state index in [1.807, 2.05) is 24.4 Å². The molecule has 0 radical (unpaired) electrons. The van der Waals surface area contributed by atoms with Crippen LogP contribution in [-0.2, 0) is 16.0 Å². The number of carbonyl (C=O) groups excluding carboxylic acids is 3. The van der Waals surface area contributed by atoms with E-state index in [0.717, 1.165) is 6.42 Å². The summed E-state index contributed by atoms with van der Waals surface area (Å²) in [6.45, 7) is 2.85. The van der Waals surface area contributed by atoms with E-state index in [9.17, 15) is 14.4 Å². The molecule has 1 unspecified atom stereocenters. The number of hydrogen-bond acceptors (Lipinski definition) is 4. The van der Waals surface area contributed by atoms with Gasteiger partial charge in [0.05, 0.1) is 23.9 Å². The third kappa shape index (κ3) is 4.48. The summed E-state index contributed by atoms with van der Waals surface area (Å²) in [7, 11) is 0. The first-order valence-electron chi connectivity index (χ1n) is 10.2. The Morgan fingerprint density at radius 3 is 2.78 bits per heavy atom. The van der Waals surface area contributed by atoms with Gasteiger partial charge in [-0.25, -0.2) is 4.79 Å². The van der Waals surface area contributed by atoms with E-state index < -0.39 is 6.04 Å². The Balaban J connectivity index is 1.51. The van der Waals surface area contributed by atoms with Crippen molar-refractivity contribution < 1.29 is 14.4 Å². The quantitative estimate of drug-likeness (QED) is 0.619. The van der Waals surface area contributed by atoms with E-state index in [1.54, 1.807) is 29.5 Å². The highest BCUT2D eigenvalue weighted by molar-refractivity contribution is 7.09. The van der Waals surface area contributed by atoms with Crippen molar-refractivity contribution in [3.05, 3.63) is 67.5 Å². The van der Waals surface area contributed by atoms with Crippen molar-refractivity contribution >= 4 is 52.4 Å². The van der Waals surface area contributed by atoms with Crippen molar-refractivity contribution in [3.8, 4) is 0 Å². The Kier molecular flexibility index (Phi) is 6.74. The van der Waals surface area contributed by atoms with E-state index in [4.69, 9.17) is 23.2 Å². The number of thiophene rings is 1. The molecular formula is C22H22Cl2N4O3S. The van der Waals surface area contributed by atoms with Crippen LogP contribution in [0.4, 0.5) is 4.79 Å². The second kappa shape index (κ2) is 9.52. The number of nitrogens with zero attached hydrogens (tertiary/aromatic N) is 2. The monoisotopic (exact) mass is 492 g/mol. The Morgan fingerprint density at radius 2 is 2.09 bits per heavy atom. The van der Waals surface area contributed by atoms with Crippen LogP contribution in [0.1, 0.15) is 23.4 Å². The van der Waals surface area contributed by atoms with Crippen molar-refractivity contribution in [2.75, 3.05) is 26.2 Å². The molecule has 10 heteroatoms. The lowest BCUT2D eigenvalue weighted by molar-refractivity contribution is -0.131. The van der Waals surface area contributed by atoms with Crippen LogP contribution in [0.2, 0.25) is 10.0 Å². The zero-order valence-electron chi connectivity index (χ0n) is 17.4. The van der Waals surface area contributed by atoms with Gasteiger partial charge in [-0.3, -0.25) is 14.5 Å². The maximum absolute atomic E-state index is 13.3. The third-order valence-electron chi connectivity index (χ3n) is 5.49. The smallest absolute Gasteiger partial charge is 0.322 e. The summed E-state index contributed by atoms with van der Waals surface area (Å²) in [4.78, 5) is 42.7. The Bertz CT molecular complexity index is 1090. The third-order valence-corrected chi connectivity index (χ3v) is 6.99. The molecule has 2 aliphatic rings. The lowest BCUT2D eigenvalue weighted by atomic mass is 9.95. The molecule has 0 aliphatic carbocycles. The predicted molar refractivity (Wildman–Crippen MR) is 125 cm³/mol. The highest BCUT2D eigenvalue weighted by atomic mass is 35.5. The van der Waals surface area contributed by atoms with Gasteiger partial charge in [-0.05, 0) is 42.5 Å². The van der Waals surface area contributed by atoms with Gasteiger partial charge in [0.1, 0.15) is 6.54 Å². The number of rotatable bonds is 7. The zero-order chi connectivity index (χ0) is 22.8. The Labute approximate surface area is 200 Å². The number of halogens is 2. The van der Waals surface area contributed by atoms with Gasteiger partial charge in [-0.15, -0.1) is 11.3 Å². The molecular weight excluding hydrogens is 471 g/mol. The number of benzene rings is 1. The molecule has 1 atom stereocenters. The molecule has 0 fully saturated rings. The summed E-state index contributed by atoms with van der Waals surface area (Å²) >= 11 is 14.0. The minimum atomic E-state index is -0.704. The van der Waals surface area contributed by atoms with Crippen molar-refractivity contribution in [1.82, 2.24) is 20.4 Å². The Hall–Kier alpha value is -2.55. The standard InChI is InChI=1S/C22H22Cl2N4O3S/c1-2-28-17-11-27(12-18(29)25-8-7-14-4-3-9-32-14)21(30)19(17)20(26-22(28)31)15-6-5-13(23)10-16(15)24/h3-6,9-10,20H,2,7-8,11-12H2,1H3,(H,25,29)(H,26,31). The summed E-state index contributed by atoms with van der Waals surface area (Å²) in [5.41, 5.74) is 1.62. The van der Waals surface area contributed by atoms with Crippen molar-refractivity contribution in [2.45, 2.75) is 19.4 Å². The molecule has 0 saturated heterocycles. The molecule has 0 spiro atoms. The van der Waals surface area contributed by atoms with Gasteiger partial charge in [0.25, 0.3) is 5.91 Å². The van der Waals surface area contributed by atoms with Gasteiger partial charge in [0.15, 0.2) is 0 Å². The fraction of sp³-hybridized carbons (Fsp3) is 0.318. The lowest BCUT2D eigenvalue weighted by Gasteiger charge is -2.33. The van der Waals surface area contributed by atoms with Crippen molar-refractivity contribution in [1.29, 1.82) is 0 Å². The maximum atomic E-state index is 13.3. The molecule has 4 amide bonds. The number of carbonyl (C=O) groups is 3. The van der Waals surface area contributed by atoms with Crippen LogP contribution < -0.4 is 10.6 Å². The molecule has 7 nitrogen and oxygen atoms in total. The van der Waals surface area contributed by atoms with Gasteiger partial charge in [0, 0.05) is 28.0 Å². The molecule has 168 valence electrons.